The van der Waals surface area contributed by atoms with Gasteiger partial charge < -0.3 is 50.0 Å². The number of hydrogen-bond acceptors (Lipinski definition) is 10. The molecule has 0 bridgehead atoms. The lowest BCUT2D eigenvalue weighted by atomic mass is 10.1. The zero-order chi connectivity index (χ0) is 15.8. The van der Waals surface area contributed by atoms with E-state index in [-0.39, 0.29) is 13.2 Å². The number of rotatable bonds is 4. The minimum atomic E-state index is -2.30. The monoisotopic (exact) mass is 312 g/mol. The van der Waals surface area contributed by atoms with E-state index >= 15 is 0 Å². The molecule has 10 heteroatoms. The van der Waals surface area contributed by atoms with Gasteiger partial charge in [0.25, 0.3) is 0 Å². The fraction of sp³-hybridized carbons (Fsp3) is 1.00. The Morgan fingerprint density at radius 2 is 1.71 bits per heavy atom. The first-order chi connectivity index (χ1) is 9.80. The molecule has 0 saturated carbocycles. The van der Waals surface area contributed by atoms with E-state index in [4.69, 9.17) is 19.3 Å². The maximum Gasteiger partial charge on any atom is 0.219 e. The quantitative estimate of drug-likeness (QED) is 0.267. The topological polar surface area (TPSA) is 169 Å². The molecule has 21 heavy (non-hydrogen) atoms. The van der Waals surface area contributed by atoms with Gasteiger partial charge in [-0.15, -0.1) is 0 Å². The van der Waals surface area contributed by atoms with Crippen LogP contribution in [0.25, 0.3) is 0 Å². The second-order valence-electron chi connectivity index (χ2n) is 5.18. The van der Waals surface area contributed by atoms with Crippen molar-refractivity contribution in [3.8, 4) is 0 Å². The van der Waals surface area contributed by atoms with Crippen LogP contribution in [0.3, 0.4) is 0 Å². The van der Waals surface area contributed by atoms with Crippen LogP contribution in [0.1, 0.15) is 0 Å². The molecule has 2 fully saturated rings. The Hall–Kier alpha value is -0.400. The largest absolute Gasteiger partial charge is 0.391 e. The molecule has 2 aliphatic heterocycles. The van der Waals surface area contributed by atoms with Crippen molar-refractivity contribution < 1.29 is 50.0 Å². The second kappa shape index (κ2) is 6.38. The number of aliphatic hydroxyl groups is 7. The molecule has 2 heterocycles. The average molecular weight is 312 g/mol. The molecule has 0 unspecified atom stereocenters. The van der Waals surface area contributed by atoms with Gasteiger partial charge in [-0.3, -0.25) is 0 Å². The first kappa shape index (κ1) is 17.0. The van der Waals surface area contributed by atoms with Gasteiger partial charge in [-0.1, -0.05) is 0 Å². The molecule has 124 valence electrons. The Morgan fingerprint density at radius 3 is 2.29 bits per heavy atom. The lowest BCUT2D eigenvalue weighted by Gasteiger charge is -2.35. The highest BCUT2D eigenvalue weighted by molar-refractivity contribution is 4.95. The first-order valence-corrected chi connectivity index (χ1v) is 6.44. The van der Waals surface area contributed by atoms with Gasteiger partial charge in [0.15, 0.2) is 6.29 Å². The summed E-state index contributed by atoms with van der Waals surface area (Å²) in [5.74, 6) is -2.30. The summed E-state index contributed by atoms with van der Waals surface area (Å²) < 4.78 is 15.0. The van der Waals surface area contributed by atoms with E-state index in [1.807, 2.05) is 0 Å². The molecule has 0 spiro atoms. The van der Waals surface area contributed by atoms with E-state index in [0.29, 0.717) is 0 Å². The third-order valence-electron chi connectivity index (χ3n) is 3.63. The summed E-state index contributed by atoms with van der Waals surface area (Å²) in [6.07, 6.45) is -9.86. The van der Waals surface area contributed by atoms with Gasteiger partial charge in [0.05, 0.1) is 19.8 Å². The van der Waals surface area contributed by atoms with E-state index in [1.54, 1.807) is 0 Å². The average Bonchev–Trinajstić information content (AvgIpc) is 2.69. The smallest absolute Gasteiger partial charge is 0.219 e. The summed E-state index contributed by atoms with van der Waals surface area (Å²) in [4.78, 5) is 0. The molecule has 0 aromatic heterocycles. The summed E-state index contributed by atoms with van der Waals surface area (Å²) in [5.41, 5.74) is 0. The molecular formula is C11H20O10. The Morgan fingerprint density at radius 1 is 1.05 bits per heavy atom. The lowest BCUT2D eigenvalue weighted by molar-refractivity contribution is -0.286. The molecule has 0 aliphatic carbocycles. The fourth-order valence-corrected chi connectivity index (χ4v) is 2.25. The summed E-state index contributed by atoms with van der Waals surface area (Å²) in [6, 6.07) is 0. The third kappa shape index (κ3) is 3.19. The molecule has 0 radical (unpaired) electrons. The number of aliphatic hydroxyl groups excluding tert-OH is 6. The summed E-state index contributed by atoms with van der Waals surface area (Å²) in [6.45, 7) is -1.56. The van der Waals surface area contributed by atoms with Crippen molar-refractivity contribution >= 4 is 0 Å². The van der Waals surface area contributed by atoms with E-state index in [1.165, 1.54) is 0 Å². The minimum absolute atomic E-state index is 0.250. The third-order valence-corrected chi connectivity index (χ3v) is 3.63. The highest BCUT2D eigenvalue weighted by Crippen LogP contribution is 2.29. The van der Waals surface area contributed by atoms with Gasteiger partial charge in [0.2, 0.25) is 5.79 Å². The minimum Gasteiger partial charge on any atom is -0.391 e. The van der Waals surface area contributed by atoms with Crippen LogP contribution in [-0.4, -0.2) is 104 Å². The molecule has 10 nitrogen and oxygen atoms in total. The van der Waals surface area contributed by atoms with Crippen molar-refractivity contribution in [1.29, 1.82) is 0 Å². The van der Waals surface area contributed by atoms with E-state index in [2.05, 4.69) is 0 Å². The molecule has 2 rings (SSSR count). The molecule has 0 aromatic carbocycles. The standard InChI is InChI=1S/C11H20O10/c12-3-11(18)9(17)7(15)5(21-11)2-20-10-8(16)6(14)4(13)1-19-10/h4-10,12-18H,1-3H2/t4-,5-,6+,7-,8-,9+,10-,11+/m1/s1. The predicted octanol–water partition coefficient (Wildman–Crippen LogP) is -4.76. The Kier molecular flexibility index (Phi) is 5.15. The van der Waals surface area contributed by atoms with Crippen molar-refractivity contribution in [3.63, 3.8) is 0 Å². The summed E-state index contributed by atoms with van der Waals surface area (Å²) in [7, 11) is 0. The van der Waals surface area contributed by atoms with Gasteiger partial charge in [-0.25, -0.2) is 0 Å². The lowest BCUT2D eigenvalue weighted by Crippen LogP contribution is -2.54. The Labute approximate surface area is 119 Å². The van der Waals surface area contributed by atoms with Gasteiger partial charge in [0.1, 0.15) is 36.6 Å². The Bertz CT molecular complexity index is 354. The number of ether oxygens (including phenoxy) is 3. The van der Waals surface area contributed by atoms with Gasteiger partial charge in [-0.05, 0) is 0 Å². The molecule has 0 aromatic rings. The Balaban J connectivity index is 1.89. The maximum atomic E-state index is 9.69. The van der Waals surface area contributed by atoms with E-state index < -0.39 is 55.3 Å². The fourth-order valence-electron chi connectivity index (χ4n) is 2.25. The van der Waals surface area contributed by atoms with Crippen LogP contribution < -0.4 is 0 Å². The molecular weight excluding hydrogens is 292 g/mol. The maximum absolute atomic E-state index is 9.69. The van der Waals surface area contributed by atoms with Crippen LogP contribution in [0.2, 0.25) is 0 Å². The summed E-state index contributed by atoms with van der Waals surface area (Å²) in [5, 5.41) is 66.3. The van der Waals surface area contributed by atoms with E-state index in [9.17, 15) is 30.6 Å². The predicted molar refractivity (Wildman–Crippen MR) is 62.6 cm³/mol. The number of hydrogen-bond donors (Lipinski definition) is 7. The van der Waals surface area contributed by atoms with Crippen molar-refractivity contribution in [2.75, 3.05) is 19.8 Å². The molecule has 2 aliphatic rings. The highest BCUT2D eigenvalue weighted by Gasteiger charge is 2.53. The zero-order valence-electron chi connectivity index (χ0n) is 11.0. The normalized spacial score (nSPS) is 51.3. The summed E-state index contributed by atoms with van der Waals surface area (Å²) >= 11 is 0. The van der Waals surface area contributed by atoms with Crippen LogP contribution in [0.15, 0.2) is 0 Å². The van der Waals surface area contributed by atoms with E-state index in [0.717, 1.165) is 0 Å². The van der Waals surface area contributed by atoms with Crippen LogP contribution >= 0.6 is 0 Å². The van der Waals surface area contributed by atoms with Gasteiger partial charge in [-0.2, -0.15) is 0 Å². The zero-order valence-corrected chi connectivity index (χ0v) is 11.0. The van der Waals surface area contributed by atoms with Crippen LogP contribution in [-0.2, 0) is 14.2 Å². The van der Waals surface area contributed by atoms with Crippen molar-refractivity contribution in [1.82, 2.24) is 0 Å². The first-order valence-electron chi connectivity index (χ1n) is 6.44. The van der Waals surface area contributed by atoms with Gasteiger partial charge in [0, 0.05) is 0 Å². The second-order valence-corrected chi connectivity index (χ2v) is 5.18. The van der Waals surface area contributed by atoms with Crippen LogP contribution in [0.4, 0.5) is 0 Å². The molecule has 8 atom stereocenters. The molecule has 7 N–H and O–H groups in total. The highest BCUT2D eigenvalue weighted by atomic mass is 16.7. The van der Waals surface area contributed by atoms with Crippen molar-refractivity contribution in [2.24, 2.45) is 0 Å². The van der Waals surface area contributed by atoms with Crippen LogP contribution in [0, 0.1) is 0 Å². The van der Waals surface area contributed by atoms with Crippen LogP contribution in [0.5, 0.6) is 0 Å². The van der Waals surface area contributed by atoms with Gasteiger partial charge >= 0.3 is 0 Å². The molecule has 0 amide bonds. The molecule has 2 saturated heterocycles. The van der Waals surface area contributed by atoms with Crippen molar-refractivity contribution in [2.45, 2.75) is 48.7 Å². The SMILES string of the molecule is OC[C@]1(O)O[C@H](CO[C@H]2OC[C@@H](O)[C@H](O)[C@H]2O)[C@@H](O)[C@@H]1O. The van der Waals surface area contributed by atoms with Crippen molar-refractivity contribution in [3.05, 3.63) is 0 Å².